The Labute approximate surface area is 113 Å². The van der Waals surface area contributed by atoms with Crippen LogP contribution in [0.4, 0.5) is 10.1 Å². The summed E-state index contributed by atoms with van der Waals surface area (Å²) in [5.74, 6) is -0.0707. The summed E-state index contributed by atoms with van der Waals surface area (Å²) in [5.41, 5.74) is 0.553. The van der Waals surface area contributed by atoms with Crippen molar-refractivity contribution in [1.82, 2.24) is 0 Å². The molecule has 0 amide bonds. The molecule has 0 aliphatic carbocycles. The Bertz CT molecular complexity index is 619. The molecule has 2 aromatic rings. The van der Waals surface area contributed by atoms with Gasteiger partial charge in [0.15, 0.2) is 0 Å². The molecule has 0 aromatic heterocycles. The van der Waals surface area contributed by atoms with Crippen molar-refractivity contribution >= 4 is 17.3 Å². The minimum atomic E-state index is -0.502. The van der Waals surface area contributed by atoms with Gasteiger partial charge in [-0.3, -0.25) is 10.1 Å². The van der Waals surface area contributed by atoms with Gasteiger partial charge in [-0.15, -0.1) is 0 Å². The summed E-state index contributed by atoms with van der Waals surface area (Å²) in [7, 11) is 0. The van der Waals surface area contributed by atoms with Crippen LogP contribution in [0.25, 0.3) is 0 Å². The fraction of sp³-hybridized carbons (Fsp3) is 0.0769. The van der Waals surface area contributed by atoms with E-state index in [1.807, 2.05) is 0 Å². The lowest BCUT2D eigenvalue weighted by Gasteiger charge is -2.07. The van der Waals surface area contributed by atoms with E-state index in [2.05, 4.69) is 0 Å². The van der Waals surface area contributed by atoms with Crippen molar-refractivity contribution in [2.45, 2.75) is 6.61 Å². The standard InChI is InChI=1S/C13H9ClFNO3/c14-13-6-10(15)5-4-9(13)8-19-12-3-1-2-11(7-12)16(17)18/h1-7H,8H2. The molecule has 0 unspecified atom stereocenters. The molecule has 4 nitrogen and oxygen atoms in total. The van der Waals surface area contributed by atoms with E-state index in [1.54, 1.807) is 6.07 Å². The van der Waals surface area contributed by atoms with Gasteiger partial charge in [0.25, 0.3) is 5.69 Å². The zero-order valence-electron chi connectivity index (χ0n) is 9.68. The first-order valence-corrected chi connectivity index (χ1v) is 5.75. The Morgan fingerprint density at radius 1 is 1.26 bits per heavy atom. The SMILES string of the molecule is O=[N+]([O-])c1cccc(OCc2ccc(F)cc2Cl)c1. The second-order valence-corrected chi connectivity index (χ2v) is 4.19. The monoisotopic (exact) mass is 281 g/mol. The van der Waals surface area contributed by atoms with Crippen molar-refractivity contribution in [3.8, 4) is 5.75 Å². The van der Waals surface area contributed by atoms with Crippen molar-refractivity contribution in [1.29, 1.82) is 0 Å². The maximum atomic E-state index is 12.9. The molecule has 0 bridgehead atoms. The van der Waals surface area contributed by atoms with Crippen molar-refractivity contribution < 1.29 is 14.1 Å². The highest BCUT2D eigenvalue weighted by atomic mass is 35.5. The molecule has 0 aliphatic rings. The number of rotatable bonds is 4. The summed E-state index contributed by atoms with van der Waals surface area (Å²) in [5, 5.41) is 10.9. The van der Waals surface area contributed by atoms with E-state index in [-0.39, 0.29) is 17.3 Å². The molecule has 2 rings (SSSR count). The van der Waals surface area contributed by atoms with Crippen LogP contribution >= 0.6 is 11.6 Å². The van der Waals surface area contributed by atoms with Gasteiger partial charge in [0, 0.05) is 11.6 Å². The number of hydrogen-bond acceptors (Lipinski definition) is 3. The Hall–Kier alpha value is -2.14. The van der Waals surface area contributed by atoms with Crippen LogP contribution in [0.15, 0.2) is 42.5 Å². The summed E-state index contributed by atoms with van der Waals surface area (Å²) in [6.07, 6.45) is 0. The van der Waals surface area contributed by atoms with Gasteiger partial charge in [-0.05, 0) is 18.2 Å². The van der Waals surface area contributed by atoms with Gasteiger partial charge in [0.05, 0.1) is 16.0 Å². The Morgan fingerprint density at radius 2 is 2.05 bits per heavy atom. The Balaban J connectivity index is 2.10. The molecule has 98 valence electrons. The van der Waals surface area contributed by atoms with Gasteiger partial charge in [0.1, 0.15) is 18.2 Å². The lowest BCUT2D eigenvalue weighted by atomic mass is 10.2. The quantitative estimate of drug-likeness (QED) is 0.629. The molecule has 2 aromatic carbocycles. The molecule has 6 heteroatoms. The fourth-order valence-electron chi connectivity index (χ4n) is 1.49. The average molecular weight is 282 g/mol. The fourth-order valence-corrected chi connectivity index (χ4v) is 1.71. The summed E-state index contributed by atoms with van der Waals surface area (Å²) in [4.78, 5) is 10.1. The number of nitro groups is 1. The highest BCUT2D eigenvalue weighted by Crippen LogP contribution is 2.22. The minimum absolute atomic E-state index is 0.0531. The van der Waals surface area contributed by atoms with Gasteiger partial charge in [0.2, 0.25) is 0 Å². The van der Waals surface area contributed by atoms with Crippen LogP contribution in [0.2, 0.25) is 5.02 Å². The maximum absolute atomic E-state index is 12.9. The second-order valence-electron chi connectivity index (χ2n) is 3.78. The summed E-state index contributed by atoms with van der Waals surface area (Å²) < 4.78 is 18.2. The molecule has 0 saturated heterocycles. The zero-order valence-corrected chi connectivity index (χ0v) is 10.4. The molecular formula is C13H9ClFNO3. The molecule has 0 radical (unpaired) electrons. The van der Waals surface area contributed by atoms with Crippen LogP contribution in [0.5, 0.6) is 5.75 Å². The van der Waals surface area contributed by atoms with E-state index in [1.165, 1.54) is 36.4 Å². The van der Waals surface area contributed by atoms with E-state index in [0.717, 1.165) is 0 Å². The van der Waals surface area contributed by atoms with Crippen molar-refractivity contribution in [2.24, 2.45) is 0 Å². The normalized spacial score (nSPS) is 10.2. The van der Waals surface area contributed by atoms with E-state index < -0.39 is 10.7 Å². The van der Waals surface area contributed by atoms with Crippen molar-refractivity contribution in [3.63, 3.8) is 0 Å². The third-order valence-electron chi connectivity index (χ3n) is 2.44. The highest BCUT2D eigenvalue weighted by molar-refractivity contribution is 6.31. The van der Waals surface area contributed by atoms with Crippen LogP contribution in [0.3, 0.4) is 0 Å². The molecule has 0 atom stereocenters. The van der Waals surface area contributed by atoms with E-state index in [0.29, 0.717) is 11.3 Å². The smallest absolute Gasteiger partial charge is 0.273 e. The predicted molar refractivity (Wildman–Crippen MR) is 68.8 cm³/mol. The summed E-state index contributed by atoms with van der Waals surface area (Å²) in [6, 6.07) is 9.79. The predicted octanol–water partition coefficient (Wildman–Crippen LogP) is 3.97. The van der Waals surface area contributed by atoms with Gasteiger partial charge in [-0.2, -0.15) is 0 Å². The lowest BCUT2D eigenvalue weighted by molar-refractivity contribution is -0.384. The maximum Gasteiger partial charge on any atom is 0.273 e. The van der Waals surface area contributed by atoms with Gasteiger partial charge >= 0.3 is 0 Å². The van der Waals surface area contributed by atoms with Gasteiger partial charge < -0.3 is 4.74 Å². The largest absolute Gasteiger partial charge is 0.489 e. The number of non-ortho nitro benzene ring substituents is 1. The van der Waals surface area contributed by atoms with Crippen molar-refractivity contribution in [2.75, 3.05) is 0 Å². The summed E-state index contributed by atoms with van der Waals surface area (Å²) >= 11 is 5.85. The topological polar surface area (TPSA) is 52.4 Å². The Kier molecular flexibility index (Phi) is 3.97. The first kappa shape index (κ1) is 13.3. The van der Waals surface area contributed by atoms with Gasteiger partial charge in [-0.1, -0.05) is 23.7 Å². The molecular weight excluding hydrogens is 273 g/mol. The number of hydrogen-bond donors (Lipinski definition) is 0. The van der Waals surface area contributed by atoms with Crippen LogP contribution in [0.1, 0.15) is 5.56 Å². The lowest BCUT2D eigenvalue weighted by Crippen LogP contribution is -1.97. The number of ether oxygens (including phenoxy) is 1. The van der Waals surface area contributed by atoms with Crippen LogP contribution < -0.4 is 4.74 Å². The molecule has 0 saturated carbocycles. The molecule has 0 N–H and O–H groups in total. The number of nitrogens with zero attached hydrogens (tertiary/aromatic N) is 1. The molecule has 0 aliphatic heterocycles. The van der Waals surface area contributed by atoms with E-state index in [9.17, 15) is 14.5 Å². The molecule has 0 spiro atoms. The van der Waals surface area contributed by atoms with Gasteiger partial charge in [-0.25, -0.2) is 4.39 Å². The van der Waals surface area contributed by atoms with Crippen LogP contribution in [-0.2, 0) is 6.61 Å². The molecule has 0 fully saturated rings. The average Bonchev–Trinajstić information content (AvgIpc) is 2.38. The number of halogens is 2. The minimum Gasteiger partial charge on any atom is -0.489 e. The number of benzene rings is 2. The summed E-state index contributed by atoms with van der Waals surface area (Å²) in [6.45, 7) is 0.111. The first-order chi connectivity index (χ1) is 9.06. The highest BCUT2D eigenvalue weighted by Gasteiger charge is 2.07. The molecule has 19 heavy (non-hydrogen) atoms. The van der Waals surface area contributed by atoms with E-state index >= 15 is 0 Å². The second kappa shape index (κ2) is 5.67. The number of nitro benzene ring substituents is 1. The zero-order chi connectivity index (χ0) is 13.8. The van der Waals surface area contributed by atoms with Crippen molar-refractivity contribution in [3.05, 3.63) is 69.0 Å². The molecule has 0 heterocycles. The Morgan fingerprint density at radius 3 is 2.74 bits per heavy atom. The first-order valence-electron chi connectivity index (χ1n) is 5.37. The van der Waals surface area contributed by atoms with Crippen LogP contribution in [-0.4, -0.2) is 4.92 Å². The van der Waals surface area contributed by atoms with Crippen LogP contribution in [0, 0.1) is 15.9 Å². The van der Waals surface area contributed by atoms with E-state index in [4.69, 9.17) is 16.3 Å². The third kappa shape index (κ3) is 3.42. The third-order valence-corrected chi connectivity index (χ3v) is 2.79.